The molecule has 0 heterocycles. The van der Waals surface area contributed by atoms with Crippen molar-refractivity contribution in [2.45, 2.75) is 325 Å². The molecular weight excluding hydrogens is 804 g/mol. The van der Waals surface area contributed by atoms with Crippen LogP contribution in [-0.4, -0.2) is 68.3 Å². The zero-order valence-corrected chi connectivity index (χ0v) is 47.0. The third kappa shape index (κ3) is 59.7. The molecule has 0 rings (SSSR count). The van der Waals surface area contributed by atoms with Crippen molar-refractivity contribution in [3.8, 4) is 0 Å². The van der Waals surface area contributed by atoms with Crippen LogP contribution in [0.25, 0.3) is 0 Å². The number of unbranched alkanes of at least 4 members (excludes halogenated alkanes) is 35. The lowest BCUT2D eigenvalue weighted by Gasteiger charge is -2.35. The van der Waals surface area contributed by atoms with Crippen LogP contribution in [0.1, 0.15) is 325 Å². The molecule has 0 spiro atoms. The van der Waals surface area contributed by atoms with Gasteiger partial charge in [0.05, 0.1) is 53.4 Å². The van der Waals surface area contributed by atoms with Crippen LogP contribution in [-0.2, 0) is 4.79 Å². The third-order valence-electron chi connectivity index (χ3n) is 14.0. The molecule has 0 amide bonds. The van der Waals surface area contributed by atoms with E-state index in [0.29, 0.717) is 0 Å². The second kappa shape index (κ2) is 58.8. The number of hydrogen-bond acceptors (Lipinski definition) is 2. The molecule has 0 fully saturated rings. The molecule has 0 radical (unpaired) electrons. The van der Waals surface area contributed by atoms with E-state index in [4.69, 9.17) is 0 Å². The molecule has 0 saturated heterocycles. The highest BCUT2D eigenvalue weighted by atomic mass is 35.5. The molecular formula is C59H125ClN2O2. The first-order chi connectivity index (χ1) is 30.6. The second-order valence-electron chi connectivity index (χ2n) is 21.1. The molecule has 0 aromatic rings. The molecule has 390 valence electrons. The van der Waals surface area contributed by atoms with Gasteiger partial charge in [-0.15, -0.1) is 0 Å². The Morgan fingerprint density at radius 2 is 0.406 bits per heavy atom. The van der Waals surface area contributed by atoms with Crippen molar-refractivity contribution in [3.63, 3.8) is 0 Å². The zero-order valence-electron chi connectivity index (χ0n) is 46.2. The standard InChI is InChI=1S/2C25H54N.C9H18O2.ClH/c2*1-5-8-11-14-17-20-23-26(4,24-21-18-15-12-9-6-2)25-22-19-16-13-10-7-3;1-2-3-4-5-6-7-8-9(10)11;/h2*5-25H2,1-4H3;2-8H2,1H3,(H,10,11);1H/q2*+1;;/p-2. The predicted molar refractivity (Wildman–Crippen MR) is 285 cm³/mol. The molecule has 0 saturated carbocycles. The minimum Gasteiger partial charge on any atom is -1.00 e. The highest BCUT2D eigenvalue weighted by Gasteiger charge is 2.21. The van der Waals surface area contributed by atoms with E-state index in [0.717, 1.165) is 12.8 Å². The summed E-state index contributed by atoms with van der Waals surface area (Å²) in [7, 11) is 5.12. The average Bonchev–Trinajstić information content (AvgIpc) is 3.27. The molecule has 0 aliphatic rings. The highest BCUT2D eigenvalue weighted by Crippen LogP contribution is 2.18. The first-order valence-corrected chi connectivity index (χ1v) is 29.5. The van der Waals surface area contributed by atoms with E-state index < -0.39 is 5.97 Å². The van der Waals surface area contributed by atoms with Crippen LogP contribution >= 0.6 is 0 Å². The second-order valence-corrected chi connectivity index (χ2v) is 21.1. The minimum atomic E-state index is -0.916. The van der Waals surface area contributed by atoms with Gasteiger partial charge in [-0.25, -0.2) is 0 Å². The van der Waals surface area contributed by atoms with Gasteiger partial charge in [-0.1, -0.05) is 235 Å². The van der Waals surface area contributed by atoms with Gasteiger partial charge >= 0.3 is 0 Å². The van der Waals surface area contributed by atoms with E-state index in [2.05, 4.69) is 62.6 Å². The van der Waals surface area contributed by atoms with Crippen LogP contribution in [0.15, 0.2) is 0 Å². The molecule has 0 aliphatic heterocycles. The number of aliphatic carboxylic acids is 1. The van der Waals surface area contributed by atoms with Crippen LogP contribution in [0.4, 0.5) is 0 Å². The van der Waals surface area contributed by atoms with Gasteiger partial charge in [0.25, 0.3) is 0 Å². The third-order valence-corrected chi connectivity index (χ3v) is 14.0. The topological polar surface area (TPSA) is 40.1 Å². The molecule has 0 atom stereocenters. The first-order valence-electron chi connectivity index (χ1n) is 29.5. The van der Waals surface area contributed by atoms with Crippen molar-refractivity contribution in [1.29, 1.82) is 0 Å². The smallest absolute Gasteiger partial charge is 0.0784 e. The fourth-order valence-electron chi connectivity index (χ4n) is 9.36. The highest BCUT2D eigenvalue weighted by molar-refractivity contribution is 5.64. The summed E-state index contributed by atoms with van der Waals surface area (Å²) in [6.07, 6.45) is 58.7. The minimum absolute atomic E-state index is 0. The van der Waals surface area contributed by atoms with Crippen molar-refractivity contribution >= 4 is 5.97 Å². The SMILES string of the molecule is CCCCCCCCC(=O)[O-].CCCCCCCC[N+](C)(CCCCCCCC)CCCCCCCC.CCCCCCCC[N+](C)(CCCCCCCC)CCCCCCCC.[Cl-]. The molecule has 0 aromatic heterocycles. The van der Waals surface area contributed by atoms with Gasteiger partial charge in [0.15, 0.2) is 0 Å². The Balaban J connectivity index is -0.000000451. The van der Waals surface area contributed by atoms with E-state index in [1.807, 2.05) is 0 Å². The Morgan fingerprint density at radius 3 is 0.562 bits per heavy atom. The Morgan fingerprint density at radius 1 is 0.266 bits per heavy atom. The summed E-state index contributed by atoms with van der Waals surface area (Å²) in [5.74, 6) is -0.916. The van der Waals surface area contributed by atoms with Crippen molar-refractivity contribution in [3.05, 3.63) is 0 Å². The number of carboxylic acids is 1. The summed E-state index contributed by atoms with van der Waals surface area (Å²) >= 11 is 0. The van der Waals surface area contributed by atoms with Gasteiger partial charge in [-0.05, 0) is 89.9 Å². The Labute approximate surface area is 413 Å². The fraction of sp³-hybridized carbons (Fsp3) is 0.983. The maximum Gasteiger partial charge on any atom is 0.0784 e. The first kappa shape index (κ1) is 70.2. The largest absolute Gasteiger partial charge is 1.00 e. The molecule has 64 heavy (non-hydrogen) atoms. The van der Waals surface area contributed by atoms with E-state index in [1.54, 1.807) is 0 Å². The summed E-state index contributed by atoms with van der Waals surface area (Å²) in [4.78, 5) is 9.98. The molecule has 0 aromatic carbocycles. The van der Waals surface area contributed by atoms with Gasteiger partial charge in [0.2, 0.25) is 0 Å². The van der Waals surface area contributed by atoms with Crippen LogP contribution < -0.4 is 17.5 Å². The van der Waals surface area contributed by atoms with Gasteiger partial charge in [0, 0.05) is 5.97 Å². The lowest BCUT2D eigenvalue weighted by atomic mass is 10.1. The van der Waals surface area contributed by atoms with E-state index in [1.165, 1.54) is 305 Å². The van der Waals surface area contributed by atoms with Crippen LogP contribution in [0.2, 0.25) is 0 Å². The van der Waals surface area contributed by atoms with Crippen LogP contribution in [0, 0.1) is 0 Å². The summed E-state index contributed by atoms with van der Waals surface area (Å²) in [6, 6.07) is 0. The van der Waals surface area contributed by atoms with E-state index in [-0.39, 0.29) is 18.8 Å². The summed E-state index contributed by atoms with van der Waals surface area (Å²) in [5, 5.41) is 9.98. The van der Waals surface area contributed by atoms with Crippen molar-refractivity contribution in [2.24, 2.45) is 0 Å². The van der Waals surface area contributed by atoms with Crippen LogP contribution in [0.5, 0.6) is 0 Å². The molecule has 0 aliphatic carbocycles. The summed E-state index contributed by atoms with van der Waals surface area (Å²) < 4.78 is 2.71. The van der Waals surface area contributed by atoms with Gasteiger partial charge in [-0.3, -0.25) is 0 Å². The zero-order chi connectivity index (χ0) is 47.2. The summed E-state index contributed by atoms with van der Waals surface area (Å²) in [6.45, 7) is 24.6. The Hall–Kier alpha value is -0.320. The summed E-state index contributed by atoms with van der Waals surface area (Å²) in [5.41, 5.74) is 0. The van der Waals surface area contributed by atoms with Crippen molar-refractivity contribution in [1.82, 2.24) is 0 Å². The number of quaternary nitrogens is 2. The van der Waals surface area contributed by atoms with Crippen LogP contribution in [0.3, 0.4) is 0 Å². The maximum absolute atomic E-state index is 9.98. The number of carboxylic acid groups (broad SMARTS) is 1. The maximum atomic E-state index is 9.98. The monoisotopic (exact) mass is 929 g/mol. The van der Waals surface area contributed by atoms with Gasteiger partial charge < -0.3 is 31.3 Å². The number of carbonyl (C=O) groups is 1. The lowest BCUT2D eigenvalue weighted by Crippen LogP contribution is -3.00. The molecule has 4 nitrogen and oxygen atoms in total. The lowest BCUT2D eigenvalue weighted by molar-refractivity contribution is -0.910. The molecule has 0 N–H and O–H groups in total. The number of rotatable bonds is 49. The average molecular weight is 930 g/mol. The predicted octanol–water partition coefficient (Wildman–Crippen LogP) is 15.5. The molecule has 0 bridgehead atoms. The Bertz CT molecular complexity index is 702. The van der Waals surface area contributed by atoms with Gasteiger partial charge in [0.1, 0.15) is 0 Å². The Kier molecular flexibility index (Phi) is 64.5. The van der Waals surface area contributed by atoms with E-state index in [9.17, 15) is 9.90 Å². The number of halogens is 1. The fourth-order valence-corrected chi connectivity index (χ4v) is 9.36. The molecule has 0 unspecified atom stereocenters. The van der Waals surface area contributed by atoms with E-state index >= 15 is 0 Å². The quantitative estimate of drug-likeness (QED) is 0.0450. The number of nitrogens with zero attached hydrogens (tertiary/aromatic N) is 2. The normalized spacial score (nSPS) is 11.5. The van der Waals surface area contributed by atoms with Gasteiger partial charge in [-0.2, -0.15) is 0 Å². The van der Waals surface area contributed by atoms with Crippen molar-refractivity contribution < 1.29 is 31.3 Å². The molecule has 5 heteroatoms. The number of carbonyl (C=O) groups excluding carboxylic acids is 1. The van der Waals surface area contributed by atoms with Crippen molar-refractivity contribution in [2.75, 3.05) is 53.4 Å². The number of hydrogen-bond donors (Lipinski definition) is 0.